The summed E-state index contributed by atoms with van der Waals surface area (Å²) in [4.78, 5) is 21.8. The highest BCUT2D eigenvalue weighted by molar-refractivity contribution is 6.16. The van der Waals surface area contributed by atoms with Gasteiger partial charge in [0.1, 0.15) is 13.0 Å². The van der Waals surface area contributed by atoms with Crippen LogP contribution in [0.15, 0.2) is 72.1 Å². The molecule has 0 saturated carbocycles. The fourth-order valence-corrected chi connectivity index (χ4v) is 3.20. The van der Waals surface area contributed by atoms with E-state index in [0.29, 0.717) is 12.2 Å². The van der Waals surface area contributed by atoms with Crippen LogP contribution >= 0.6 is 0 Å². The van der Waals surface area contributed by atoms with Gasteiger partial charge in [0.25, 0.3) is 5.91 Å². The van der Waals surface area contributed by atoms with E-state index < -0.39 is 0 Å². The Balaban J connectivity index is 1.64. The lowest BCUT2D eigenvalue weighted by Crippen LogP contribution is -2.48. The van der Waals surface area contributed by atoms with Crippen molar-refractivity contribution in [3.8, 4) is 5.69 Å². The van der Waals surface area contributed by atoms with Crippen molar-refractivity contribution < 1.29 is 4.79 Å². The number of aliphatic imine (C=N–C) groups is 1. The molecule has 0 radical (unpaired) electrons. The van der Waals surface area contributed by atoms with Gasteiger partial charge in [0.15, 0.2) is 11.7 Å². The number of anilines is 1. The van der Waals surface area contributed by atoms with Gasteiger partial charge in [-0.2, -0.15) is 0 Å². The van der Waals surface area contributed by atoms with Crippen LogP contribution in [0.25, 0.3) is 5.69 Å². The van der Waals surface area contributed by atoms with Crippen molar-refractivity contribution in [2.75, 3.05) is 11.7 Å². The van der Waals surface area contributed by atoms with Crippen LogP contribution in [0, 0.1) is 0 Å². The third-order valence-corrected chi connectivity index (χ3v) is 4.29. The summed E-state index contributed by atoms with van der Waals surface area (Å²) in [7, 11) is 0. The minimum Gasteiger partial charge on any atom is -0.283 e. The summed E-state index contributed by atoms with van der Waals surface area (Å²) in [5, 5.41) is 3.50. The number of amides is 1. The number of carbonyl (C=O) groups is 1. The average Bonchev–Trinajstić information content (AvgIpc) is 3.29. The maximum absolute atomic E-state index is 12.9. The lowest BCUT2D eigenvalue weighted by atomic mass is 10.1. The molecule has 6 heteroatoms. The number of benzene rings is 2. The summed E-state index contributed by atoms with van der Waals surface area (Å²) in [6.07, 6.45) is 3.51. The SMILES string of the molecule is O=C(c1ccccc1)N1CN=C2c3ccccc3-n3cncc3N21. The van der Waals surface area contributed by atoms with Gasteiger partial charge in [-0.1, -0.05) is 30.3 Å². The van der Waals surface area contributed by atoms with E-state index in [0.717, 1.165) is 22.9 Å². The van der Waals surface area contributed by atoms with E-state index >= 15 is 0 Å². The Bertz CT molecular complexity index is 976. The zero-order valence-corrected chi connectivity index (χ0v) is 12.7. The minimum atomic E-state index is -0.0820. The second-order valence-corrected chi connectivity index (χ2v) is 5.64. The second-order valence-electron chi connectivity index (χ2n) is 5.64. The predicted octanol–water partition coefficient (Wildman–Crippen LogP) is 2.47. The van der Waals surface area contributed by atoms with Crippen LogP contribution in [-0.4, -0.2) is 33.0 Å². The Kier molecular flexibility index (Phi) is 2.61. The van der Waals surface area contributed by atoms with Crippen molar-refractivity contribution in [2.45, 2.75) is 0 Å². The fraction of sp³-hybridized carbons (Fsp3) is 0.0556. The van der Waals surface area contributed by atoms with Gasteiger partial charge < -0.3 is 0 Å². The molecule has 24 heavy (non-hydrogen) atoms. The molecule has 3 heterocycles. The molecular formula is C18H13N5O. The van der Waals surface area contributed by atoms with Crippen molar-refractivity contribution in [1.82, 2.24) is 14.6 Å². The molecule has 2 aliphatic rings. The predicted molar refractivity (Wildman–Crippen MR) is 90.1 cm³/mol. The highest BCUT2D eigenvalue weighted by Crippen LogP contribution is 2.34. The number of hydrazine groups is 1. The quantitative estimate of drug-likeness (QED) is 0.693. The zero-order valence-electron chi connectivity index (χ0n) is 12.7. The highest BCUT2D eigenvalue weighted by atomic mass is 16.2. The van der Waals surface area contributed by atoms with Crippen molar-refractivity contribution in [2.24, 2.45) is 4.99 Å². The maximum atomic E-state index is 12.9. The Hall–Kier alpha value is -3.41. The van der Waals surface area contributed by atoms with Crippen molar-refractivity contribution >= 4 is 17.6 Å². The van der Waals surface area contributed by atoms with E-state index in [2.05, 4.69) is 9.98 Å². The molecule has 1 amide bonds. The van der Waals surface area contributed by atoms with E-state index in [1.807, 2.05) is 64.2 Å². The number of aromatic nitrogens is 2. The lowest BCUT2D eigenvalue weighted by Gasteiger charge is -2.34. The van der Waals surface area contributed by atoms with Gasteiger partial charge >= 0.3 is 0 Å². The topological polar surface area (TPSA) is 53.7 Å². The number of fused-ring (bicyclic) bond motifs is 6. The number of rotatable bonds is 1. The van der Waals surface area contributed by atoms with Gasteiger partial charge in [0.05, 0.1) is 11.9 Å². The highest BCUT2D eigenvalue weighted by Gasteiger charge is 2.38. The third kappa shape index (κ3) is 1.68. The van der Waals surface area contributed by atoms with Gasteiger partial charge in [0, 0.05) is 11.1 Å². The van der Waals surface area contributed by atoms with Crippen molar-refractivity contribution in [1.29, 1.82) is 0 Å². The normalized spacial score (nSPS) is 14.8. The molecule has 2 aliphatic heterocycles. The summed E-state index contributed by atoms with van der Waals surface area (Å²) >= 11 is 0. The minimum absolute atomic E-state index is 0.0820. The Morgan fingerprint density at radius 2 is 1.79 bits per heavy atom. The van der Waals surface area contributed by atoms with Gasteiger partial charge in [0.2, 0.25) is 0 Å². The average molecular weight is 315 g/mol. The van der Waals surface area contributed by atoms with Crippen molar-refractivity contribution in [3.63, 3.8) is 0 Å². The summed E-state index contributed by atoms with van der Waals surface area (Å²) in [6.45, 7) is 0.294. The van der Waals surface area contributed by atoms with Crippen LogP contribution in [0.2, 0.25) is 0 Å². The molecule has 6 nitrogen and oxygen atoms in total. The molecule has 0 bridgehead atoms. The first kappa shape index (κ1) is 13.1. The molecule has 1 aromatic heterocycles. The second kappa shape index (κ2) is 4.79. The molecule has 0 spiro atoms. The van der Waals surface area contributed by atoms with E-state index in [1.54, 1.807) is 17.5 Å². The standard InChI is InChI=1S/C18H13N5O/c24-18(13-6-2-1-3-7-13)22-12-20-17-14-8-4-5-9-15(14)21-11-19-10-16(21)23(17)22/h1-11H,12H2. The maximum Gasteiger partial charge on any atom is 0.274 e. The molecule has 0 aliphatic carbocycles. The molecule has 116 valence electrons. The number of para-hydroxylation sites is 1. The number of nitrogens with zero attached hydrogens (tertiary/aromatic N) is 5. The molecular weight excluding hydrogens is 302 g/mol. The molecule has 0 fully saturated rings. The van der Waals surface area contributed by atoms with Gasteiger partial charge in [-0.05, 0) is 24.3 Å². The first-order valence-corrected chi connectivity index (χ1v) is 7.68. The van der Waals surface area contributed by atoms with Crippen LogP contribution < -0.4 is 5.01 Å². The first-order chi connectivity index (χ1) is 11.8. The van der Waals surface area contributed by atoms with Crippen LogP contribution in [0.1, 0.15) is 15.9 Å². The number of hydrogen-bond acceptors (Lipinski definition) is 4. The molecule has 2 aromatic carbocycles. The fourth-order valence-electron chi connectivity index (χ4n) is 3.20. The summed E-state index contributed by atoms with van der Waals surface area (Å²) < 4.78 is 1.98. The van der Waals surface area contributed by atoms with Crippen LogP contribution in [-0.2, 0) is 0 Å². The Morgan fingerprint density at radius 3 is 2.67 bits per heavy atom. The van der Waals surface area contributed by atoms with Crippen LogP contribution in [0.4, 0.5) is 5.82 Å². The number of imidazole rings is 1. The van der Waals surface area contributed by atoms with Gasteiger partial charge in [-0.15, -0.1) is 0 Å². The smallest absolute Gasteiger partial charge is 0.274 e. The number of amidine groups is 1. The van der Waals surface area contributed by atoms with E-state index in [1.165, 1.54) is 0 Å². The first-order valence-electron chi connectivity index (χ1n) is 7.68. The zero-order chi connectivity index (χ0) is 16.1. The molecule has 0 saturated heterocycles. The summed E-state index contributed by atoms with van der Waals surface area (Å²) in [5.74, 6) is 1.51. The summed E-state index contributed by atoms with van der Waals surface area (Å²) in [5.41, 5.74) is 2.65. The van der Waals surface area contributed by atoms with E-state index in [4.69, 9.17) is 0 Å². The van der Waals surface area contributed by atoms with Crippen LogP contribution in [0.5, 0.6) is 0 Å². The Morgan fingerprint density at radius 1 is 1.00 bits per heavy atom. The van der Waals surface area contributed by atoms with Crippen molar-refractivity contribution in [3.05, 3.63) is 78.2 Å². The van der Waals surface area contributed by atoms with E-state index in [9.17, 15) is 4.79 Å². The largest absolute Gasteiger partial charge is 0.283 e. The molecule has 0 N–H and O–H groups in total. The monoisotopic (exact) mass is 315 g/mol. The van der Waals surface area contributed by atoms with E-state index in [-0.39, 0.29) is 5.91 Å². The van der Waals surface area contributed by atoms with Gasteiger partial charge in [-0.25, -0.2) is 20.0 Å². The number of carbonyl (C=O) groups excluding carboxylic acids is 1. The summed E-state index contributed by atoms with van der Waals surface area (Å²) in [6, 6.07) is 17.3. The molecule has 5 rings (SSSR count). The Labute approximate surface area is 138 Å². The van der Waals surface area contributed by atoms with Gasteiger partial charge in [-0.3, -0.25) is 9.36 Å². The molecule has 0 atom stereocenters. The number of hydrogen-bond donors (Lipinski definition) is 0. The van der Waals surface area contributed by atoms with Crippen LogP contribution in [0.3, 0.4) is 0 Å². The molecule has 3 aromatic rings. The third-order valence-electron chi connectivity index (χ3n) is 4.29. The lowest BCUT2D eigenvalue weighted by molar-refractivity contribution is 0.0777. The molecule has 0 unspecified atom stereocenters.